The minimum absolute atomic E-state index is 0.0831. The lowest BCUT2D eigenvalue weighted by atomic mass is 9.49. The van der Waals surface area contributed by atoms with Crippen LogP contribution in [0.2, 0.25) is 0 Å². The molecule has 134 valence electrons. The van der Waals surface area contributed by atoms with Gasteiger partial charge >= 0.3 is 10.5 Å². The second-order valence-electron chi connectivity index (χ2n) is 8.86. The Bertz CT molecular complexity index is 710. The van der Waals surface area contributed by atoms with Crippen molar-refractivity contribution in [2.45, 2.75) is 65.2 Å². The molecule has 5 heteroatoms. The van der Waals surface area contributed by atoms with Gasteiger partial charge in [-0.25, -0.2) is 0 Å². The molecule has 0 saturated heterocycles. The van der Waals surface area contributed by atoms with E-state index in [1.807, 2.05) is 0 Å². The van der Waals surface area contributed by atoms with E-state index in [-0.39, 0.29) is 11.2 Å². The van der Waals surface area contributed by atoms with Gasteiger partial charge in [-0.3, -0.25) is 0 Å². The zero-order valence-corrected chi connectivity index (χ0v) is 15.4. The van der Waals surface area contributed by atoms with Crippen molar-refractivity contribution in [2.75, 3.05) is 0 Å². The lowest BCUT2D eigenvalue weighted by molar-refractivity contribution is -0.0195. The van der Waals surface area contributed by atoms with Crippen LogP contribution in [0.1, 0.15) is 65.2 Å². The van der Waals surface area contributed by atoms with Crippen LogP contribution in [0, 0.1) is 28.6 Å². The Morgan fingerprint density at radius 2 is 1.96 bits per heavy atom. The molecular weight excluding hydrogens is 327 g/mol. The van der Waals surface area contributed by atoms with Gasteiger partial charge < -0.3 is 4.18 Å². The predicted molar refractivity (Wildman–Crippen MR) is 90.9 cm³/mol. The van der Waals surface area contributed by atoms with Crippen molar-refractivity contribution in [3.8, 4) is 0 Å². The van der Waals surface area contributed by atoms with Crippen LogP contribution in [0.3, 0.4) is 0 Å². The van der Waals surface area contributed by atoms with Gasteiger partial charge in [-0.1, -0.05) is 30.2 Å². The molecule has 0 radical (unpaired) electrons. The Kier molecular flexibility index (Phi) is 3.69. The number of hydrogen-bond acceptors (Lipinski definition) is 3. The molecule has 0 heterocycles. The summed E-state index contributed by atoms with van der Waals surface area (Å²) in [5, 5.41) is 0. The highest BCUT2D eigenvalue weighted by Crippen LogP contribution is 2.64. The Morgan fingerprint density at radius 1 is 1.17 bits per heavy atom. The van der Waals surface area contributed by atoms with Crippen LogP contribution in [-0.2, 0) is 14.7 Å². The van der Waals surface area contributed by atoms with Crippen LogP contribution < -0.4 is 0 Å². The fraction of sp³-hybridized carbons (Fsp3) is 0.789. The van der Waals surface area contributed by atoms with E-state index in [1.165, 1.54) is 32.1 Å². The number of halogens is 1. The summed E-state index contributed by atoms with van der Waals surface area (Å²) in [6, 6.07) is 0. The first-order chi connectivity index (χ1) is 11.2. The highest BCUT2D eigenvalue weighted by Gasteiger charge is 2.55. The molecule has 0 unspecified atom stereocenters. The van der Waals surface area contributed by atoms with E-state index < -0.39 is 10.5 Å². The minimum atomic E-state index is -4.92. The Labute approximate surface area is 144 Å². The maximum atomic E-state index is 12.8. The first-order valence-electron chi connectivity index (χ1n) is 9.27. The van der Waals surface area contributed by atoms with Gasteiger partial charge in [0.25, 0.3) is 0 Å². The number of fused-ring (bicyclic) bond motifs is 5. The largest absolute Gasteiger partial charge is 0.488 e. The molecule has 0 aliphatic heterocycles. The molecule has 5 atom stereocenters. The fourth-order valence-electron chi connectivity index (χ4n) is 6.49. The zero-order valence-electron chi connectivity index (χ0n) is 14.6. The average molecular weight is 354 g/mol. The molecule has 0 aromatic carbocycles. The Hall–Kier alpha value is -0.840. The summed E-state index contributed by atoms with van der Waals surface area (Å²) in [5.74, 6) is 2.49. The van der Waals surface area contributed by atoms with Crippen molar-refractivity contribution < 1.29 is 16.5 Å². The summed E-state index contributed by atoms with van der Waals surface area (Å²) < 4.78 is 38.9. The summed E-state index contributed by atoms with van der Waals surface area (Å²) >= 11 is 0. The van der Waals surface area contributed by atoms with Gasteiger partial charge in [-0.2, -0.15) is 8.42 Å². The van der Waals surface area contributed by atoms with E-state index in [4.69, 9.17) is 0 Å². The summed E-state index contributed by atoms with van der Waals surface area (Å²) in [4.78, 5) is 0. The molecule has 0 aromatic rings. The molecule has 4 aliphatic carbocycles. The Balaban J connectivity index is 1.65. The molecule has 2 fully saturated rings. The van der Waals surface area contributed by atoms with E-state index in [2.05, 4.69) is 24.1 Å². The normalized spacial score (nSPS) is 44.7. The smallest absolute Gasteiger partial charge is 0.363 e. The summed E-state index contributed by atoms with van der Waals surface area (Å²) in [5.41, 5.74) is 1.78. The van der Waals surface area contributed by atoms with Crippen LogP contribution in [0.15, 0.2) is 23.5 Å². The molecule has 24 heavy (non-hydrogen) atoms. The van der Waals surface area contributed by atoms with E-state index in [1.54, 1.807) is 6.08 Å². The quantitative estimate of drug-likeness (QED) is 0.651. The van der Waals surface area contributed by atoms with Crippen LogP contribution in [-0.4, -0.2) is 8.42 Å². The third-order valence-electron chi connectivity index (χ3n) is 7.72. The fourth-order valence-corrected chi connectivity index (χ4v) is 6.87. The standard InChI is InChI=1S/C19H27FO3S/c1-18-9-3-4-16(18)15-6-5-13-12-14(23-24(20,21)22)7-11-19(13,2)17(15)8-10-18/h5,12,15-17H,3-4,6-11H2,1-2H3/t15-,16-,17-,18-,19-/m0/s1. The molecule has 4 rings (SSSR count). The van der Waals surface area contributed by atoms with E-state index in [0.717, 1.165) is 30.3 Å². The lowest BCUT2D eigenvalue weighted by Gasteiger charge is -2.56. The van der Waals surface area contributed by atoms with Crippen LogP contribution in [0.25, 0.3) is 0 Å². The van der Waals surface area contributed by atoms with Crippen molar-refractivity contribution >= 4 is 10.5 Å². The SMILES string of the molecule is C[C@@]12CCC[C@H]1[C@@H]1CC=C3C=C(OS(=O)(=O)F)CC[C@]3(C)[C@H]1CC2. The second kappa shape index (κ2) is 5.33. The molecule has 0 amide bonds. The first kappa shape index (κ1) is 16.6. The zero-order chi connectivity index (χ0) is 17.2. The minimum Gasteiger partial charge on any atom is -0.363 e. The Morgan fingerprint density at radius 3 is 2.71 bits per heavy atom. The molecule has 2 saturated carbocycles. The molecule has 0 N–H and O–H groups in total. The van der Waals surface area contributed by atoms with Gasteiger partial charge in [0.2, 0.25) is 0 Å². The van der Waals surface area contributed by atoms with Gasteiger partial charge in [0.1, 0.15) is 5.76 Å². The third kappa shape index (κ3) is 2.54. The van der Waals surface area contributed by atoms with Crippen LogP contribution >= 0.6 is 0 Å². The summed E-state index contributed by atoms with van der Waals surface area (Å²) in [6.45, 7) is 4.81. The topological polar surface area (TPSA) is 43.4 Å². The molecular formula is C19H27FO3S. The van der Waals surface area contributed by atoms with Crippen molar-refractivity contribution in [1.29, 1.82) is 0 Å². The van der Waals surface area contributed by atoms with Crippen LogP contribution in [0.4, 0.5) is 3.89 Å². The third-order valence-corrected chi connectivity index (χ3v) is 8.13. The highest BCUT2D eigenvalue weighted by atomic mass is 32.3. The van der Waals surface area contributed by atoms with E-state index in [9.17, 15) is 12.3 Å². The van der Waals surface area contributed by atoms with Gasteiger partial charge in [0, 0.05) is 6.42 Å². The van der Waals surface area contributed by atoms with E-state index >= 15 is 0 Å². The van der Waals surface area contributed by atoms with Crippen molar-refractivity contribution in [3.63, 3.8) is 0 Å². The number of hydrogen-bond donors (Lipinski definition) is 0. The molecule has 0 spiro atoms. The molecule has 3 nitrogen and oxygen atoms in total. The van der Waals surface area contributed by atoms with Gasteiger partial charge in [-0.05, 0) is 78.8 Å². The lowest BCUT2D eigenvalue weighted by Crippen LogP contribution is -2.47. The number of allylic oxidation sites excluding steroid dienone is 4. The predicted octanol–water partition coefficient (Wildman–Crippen LogP) is 5.06. The summed E-state index contributed by atoms with van der Waals surface area (Å²) in [7, 11) is -4.92. The van der Waals surface area contributed by atoms with Crippen molar-refractivity contribution in [3.05, 3.63) is 23.5 Å². The van der Waals surface area contributed by atoms with Gasteiger partial charge in [0.15, 0.2) is 0 Å². The first-order valence-corrected chi connectivity index (χ1v) is 10.6. The van der Waals surface area contributed by atoms with Gasteiger partial charge in [-0.15, -0.1) is 0 Å². The maximum absolute atomic E-state index is 12.8. The molecule has 4 aliphatic rings. The number of rotatable bonds is 2. The second-order valence-corrected chi connectivity index (χ2v) is 9.81. The molecule has 0 aromatic heterocycles. The molecule has 0 bridgehead atoms. The maximum Gasteiger partial charge on any atom is 0.488 e. The van der Waals surface area contributed by atoms with Gasteiger partial charge in [0.05, 0.1) is 0 Å². The van der Waals surface area contributed by atoms with Crippen molar-refractivity contribution in [1.82, 2.24) is 0 Å². The summed E-state index contributed by atoms with van der Waals surface area (Å²) in [6.07, 6.45) is 13.2. The average Bonchev–Trinajstić information content (AvgIpc) is 2.88. The monoisotopic (exact) mass is 354 g/mol. The highest BCUT2D eigenvalue weighted by molar-refractivity contribution is 7.81. The van der Waals surface area contributed by atoms with E-state index in [0.29, 0.717) is 17.8 Å². The van der Waals surface area contributed by atoms with Crippen molar-refractivity contribution in [2.24, 2.45) is 28.6 Å². The van der Waals surface area contributed by atoms with Crippen LogP contribution in [0.5, 0.6) is 0 Å².